The van der Waals surface area contributed by atoms with Crippen LogP contribution in [0.2, 0.25) is 0 Å². The minimum absolute atomic E-state index is 0.368. The molecule has 0 aromatic heterocycles. The molecule has 0 atom stereocenters. The van der Waals surface area contributed by atoms with E-state index < -0.39 is 25.5 Å². The number of hydrogen-bond acceptors (Lipinski definition) is 5. The van der Waals surface area contributed by atoms with Crippen LogP contribution in [0.4, 0.5) is 5.69 Å². The first-order chi connectivity index (χ1) is 8.30. The average molecular weight is 269 g/mol. The van der Waals surface area contributed by atoms with Crippen LogP contribution in [0, 0.1) is 28.4 Å². The zero-order chi connectivity index (χ0) is 13.9. The Hall–Kier alpha value is -1.98. The molecule has 96 valence electrons. The molecule has 0 unspecified atom stereocenters. The first-order valence-corrected chi connectivity index (χ1v) is 6.33. The summed E-state index contributed by atoms with van der Waals surface area (Å²) >= 11 is 0. The quantitative estimate of drug-likeness (QED) is 0.461. The standard InChI is InChI=1S/C10H11N3O4S/c1-8-3-4-10(9(7-8)13(14)15)18(16,17)12(2)6-5-11/h3-4,7H,6H2,1-2H3. The first-order valence-electron chi connectivity index (χ1n) is 4.89. The SMILES string of the molecule is Cc1ccc(S(=O)(=O)N(C)CC#N)c([N+](=O)[O-])c1. The second-order valence-corrected chi connectivity index (χ2v) is 5.66. The average Bonchev–Trinajstić information content (AvgIpc) is 2.28. The molecule has 0 saturated carbocycles. The number of nitro benzene ring substituents is 1. The van der Waals surface area contributed by atoms with E-state index in [1.165, 1.54) is 25.2 Å². The van der Waals surface area contributed by atoms with Crippen molar-refractivity contribution in [3.63, 3.8) is 0 Å². The fourth-order valence-electron chi connectivity index (χ4n) is 1.34. The van der Waals surface area contributed by atoms with Crippen molar-refractivity contribution in [2.24, 2.45) is 0 Å². The molecule has 1 rings (SSSR count). The van der Waals surface area contributed by atoms with E-state index in [1.54, 1.807) is 13.0 Å². The normalized spacial score (nSPS) is 11.2. The summed E-state index contributed by atoms with van der Waals surface area (Å²) in [5, 5.41) is 19.3. The number of nitrogens with zero attached hydrogens (tertiary/aromatic N) is 3. The van der Waals surface area contributed by atoms with Crippen LogP contribution < -0.4 is 0 Å². The van der Waals surface area contributed by atoms with E-state index in [0.717, 1.165) is 4.31 Å². The Morgan fingerprint density at radius 1 is 1.50 bits per heavy atom. The first kappa shape index (κ1) is 14.1. The second kappa shape index (κ2) is 5.12. The molecule has 18 heavy (non-hydrogen) atoms. The molecule has 0 aliphatic carbocycles. The number of nitriles is 1. The van der Waals surface area contributed by atoms with Gasteiger partial charge in [0.1, 0.15) is 6.54 Å². The molecule has 0 N–H and O–H groups in total. The van der Waals surface area contributed by atoms with Gasteiger partial charge in [0, 0.05) is 13.1 Å². The molecule has 7 nitrogen and oxygen atoms in total. The minimum Gasteiger partial charge on any atom is -0.258 e. The Labute approximate surface area is 104 Å². The number of nitro groups is 1. The van der Waals surface area contributed by atoms with Gasteiger partial charge in [-0.05, 0) is 18.6 Å². The predicted octanol–water partition coefficient (Wildman–Crippen LogP) is 1.05. The van der Waals surface area contributed by atoms with Gasteiger partial charge in [0.15, 0.2) is 4.90 Å². The molecule has 0 heterocycles. The Balaban J connectivity index is 3.42. The fraction of sp³-hybridized carbons (Fsp3) is 0.300. The highest BCUT2D eigenvalue weighted by Gasteiger charge is 2.29. The van der Waals surface area contributed by atoms with E-state index in [2.05, 4.69) is 0 Å². The molecule has 1 aromatic carbocycles. The summed E-state index contributed by atoms with van der Waals surface area (Å²) in [7, 11) is -2.83. The number of hydrogen-bond donors (Lipinski definition) is 0. The van der Waals surface area contributed by atoms with Crippen LogP contribution in [0.15, 0.2) is 23.1 Å². The highest BCUT2D eigenvalue weighted by Crippen LogP contribution is 2.26. The van der Waals surface area contributed by atoms with Crippen LogP contribution in [0.3, 0.4) is 0 Å². The van der Waals surface area contributed by atoms with Crippen molar-refractivity contribution in [3.05, 3.63) is 33.9 Å². The summed E-state index contributed by atoms with van der Waals surface area (Å²) in [5.74, 6) is 0. The van der Waals surface area contributed by atoms with E-state index in [9.17, 15) is 18.5 Å². The Morgan fingerprint density at radius 3 is 2.61 bits per heavy atom. The topological polar surface area (TPSA) is 104 Å². The summed E-state index contributed by atoms with van der Waals surface area (Å²) in [5.41, 5.74) is 0.100. The van der Waals surface area contributed by atoms with E-state index in [-0.39, 0.29) is 6.54 Å². The van der Waals surface area contributed by atoms with Crippen LogP contribution in [-0.4, -0.2) is 31.2 Å². The maximum absolute atomic E-state index is 12.0. The van der Waals surface area contributed by atoms with Gasteiger partial charge in [0.25, 0.3) is 15.7 Å². The third-order valence-corrected chi connectivity index (χ3v) is 4.14. The van der Waals surface area contributed by atoms with Crippen molar-refractivity contribution in [1.82, 2.24) is 4.31 Å². The summed E-state index contributed by atoms with van der Waals surface area (Å²) in [6.45, 7) is 1.26. The third-order valence-electron chi connectivity index (χ3n) is 2.29. The van der Waals surface area contributed by atoms with Crippen LogP contribution in [0.5, 0.6) is 0 Å². The van der Waals surface area contributed by atoms with E-state index in [4.69, 9.17) is 5.26 Å². The van der Waals surface area contributed by atoms with Gasteiger partial charge in [0.05, 0.1) is 11.0 Å². The molecule has 0 radical (unpaired) electrons. The lowest BCUT2D eigenvalue weighted by Gasteiger charge is -2.13. The Bertz CT molecular complexity index is 619. The summed E-state index contributed by atoms with van der Waals surface area (Å²) in [6, 6.07) is 5.52. The van der Waals surface area contributed by atoms with Gasteiger partial charge < -0.3 is 0 Å². The van der Waals surface area contributed by atoms with Crippen LogP contribution >= 0.6 is 0 Å². The third kappa shape index (κ3) is 2.64. The van der Waals surface area contributed by atoms with E-state index in [1.807, 2.05) is 0 Å². The molecule has 1 aromatic rings. The molecule has 8 heteroatoms. The van der Waals surface area contributed by atoms with Gasteiger partial charge >= 0.3 is 0 Å². The van der Waals surface area contributed by atoms with Gasteiger partial charge in [0.2, 0.25) is 0 Å². The van der Waals surface area contributed by atoms with Gasteiger partial charge in [-0.2, -0.15) is 9.57 Å². The molecule has 0 spiro atoms. The van der Waals surface area contributed by atoms with Crippen LogP contribution in [-0.2, 0) is 10.0 Å². The Morgan fingerprint density at radius 2 is 2.11 bits per heavy atom. The molecule has 0 aliphatic heterocycles. The van der Waals surface area contributed by atoms with Gasteiger partial charge in [-0.15, -0.1) is 0 Å². The maximum Gasteiger partial charge on any atom is 0.289 e. The predicted molar refractivity (Wildman–Crippen MR) is 63.3 cm³/mol. The lowest BCUT2D eigenvalue weighted by molar-refractivity contribution is -0.387. The zero-order valence-corrected chi connectivity index (χ0v) is 10.6. The zero-order valence-electron chi connectivity index (χ0n) is 9.82. The molecule has 0 bridgehead atoms. The smallest absolute Gasteiger partial charge is 0.258 e. The number of benzene rings is 1. The van der Waals surface area contributed by atoms with Crippen LogP contribution in [0.25, 0.3) is 0 Å². The van der Waals surface area contributed by atoms with E-state index >= 15 is 0 Å². The monoisotopic (exact) mass is 269 g/mol. The molecule has 0 saturated heterocycles. The summed E-state index contributed by atoms with van der Waals surface area (Å²) in [6.07, 6.45) is 0. The minimum atomic E-state index is -4.02. The molecular weight excluding hydrogens is 258 g/mol. The lowest BCUT2D eigenvalue weighted by Crippen LogP contribution is -2.27. The summed E-state index contributed by atoms with van der Waals surface area (Å²) in [4.78, 5) is 9.70. The van der Waals surface area contributed by atoms with E-state index in [0.29, 0.717) is 5.56 Å². The van der Waals surface area contributed by atoms with Gasteiger partial charge in [-0.25, -0.2) is 8.42 Å². The van der Waals surface area contributed by atoms with Crippen molar-refractivity contribution < 1.29 is 13.3 Å². The second-order valence-electron chi connectivity index (χ2n) is 3.65. The largest absolute Gasteiger partial charge is 0.289 e. The number of sulfonamides is 1. The van der Waals surface area contributed by atoms with Crippen molar-refractivity contribution in [2.45, 2.75) is 11.8 Å². The number of aryl methyl sites for hydroxylation is 1. The number of rotatable bonds is 4. The molecular formula is C10H11N3O4S. The highest BCUT2D eigenvalue weighted by molar-refractivity contribution is 7.89. The molecule has 0 amide bonds. The molecule has 0 fully saturated rings. The fourth-order valence-corrected chi connectivity index (χ4v) is 2.54. The van der Waals surface area contributed by atoms with Crippen molar-refractivity contribution in [3.8, 4) is 6.07 Å². The van der Waals surface area contributed by atoms with Crippen molar-refractivity contribution in [1.29, 1.82) is 5.26 Å². The van der Waals surface area contributed by atoms with Gasteiger partial charge in [-0.3, -0.25) is 10.1 Å². The Kier molecular flexibility index (Phi) is 4.00. The van der Waals surface area contributed by atoms with Gasteiger partial charge in [-0.1, -0.05) is 6.07 Å². The molecule has 0 aliphatic rings. The maximum atomic E-state index is 12.0. The highest BCUT2D eigenvalue weighted by atomic mass is 32.2. The van der Waals surface area contributed by atoms with Crippen LogP contribution in [0.1, 0.15) is 5.56 Å². The van der Waals surface area contributed by atoms with Crippen molar-refractivity contribution >= 4 is 15.7 Å². The van der Waals surface area contributed by atoms with Crippen molar-refractivity contribution in [2.75, 3.05) is 13.6 Å². The lowest BCUT2D eigenvalue weighted by atomic mass is 10.2. The summed E-state index contributed by atoms with van der Waals surface area (Å²) < 4.78 is 24.8.